The molecule has 5 nitrogen and oxygen atoms in total. The van der Waals surface area contributed by atoms with Gasteiger partial charge in [0.15, 0.2) is 0 Å². The van der Waals surface area contributed by atoms with Crippen molar-refractivity contribution in [3.05, 3.63) is 77.6 Å². The van der Waals surface area contributed by atoms with Gasteiger partial charge in [-0.2, -0.15) is 5.10 Å². The molecule has 0 aliphatic carbocycles. The van der Waals surface area contributed by atoms with E-state index in [4.69, 9.17) is 0 Å². The van der Waals surface area contributed by atoms with Gasteiger partial charge in [-0.1, -0.05) is 68.8 Å². The van der Waals surface area contributed by atoms with E-state index >= 15 is 0 Å². The van der Waals surface area contributed by atoms with Crippen LogP contribution in [0, 0.1) is 6.92 Å². The standard InChI is InChI=1S/C21H25N3O2S/c1-16-10-12-17(13-11-16)14-22-27(25,26)19-15-24(18-8-6-5-7-9-18)23-20(19)21(2,3)4/h5-13,15,22H,14H2,1-4H3. The first-order chi connectivity index (χ1) is 12.7. The van der Waals surface area contributed by atoms with Crippen LogP contribution in [0.5, 0.6) is 0 Å². The Morgan fingerprint density at radius 2 is 1.63 bits per heavy atom. The molecular weight excluding hydrogens is 358 g/mol. The van der Waals surface area contributed by atoms with Crippen LogP contribution in [0.25, 0.3) is 5.69 Å². The van der Waals surface area contributed by atoms with Gasteiger partial charge in [0.1, 0.15) is 4.90 Å². The molecule has 142 valence electrons. The topological polar surface area (TPSA) is 64.0 Å². The molecule has 2 aromatic carbocycles. The highest BCUT2D eigenvalue weighted by Crippen LogP contribution is 2.28. The Labute approximate surface area is 161 Å². The maximum absolute atomic E-state index is 13.0. The van der Waals surface area contributed by atoms with Gasteiger partial charge in [-0.25, -0.2) is 17.8 Å². The van der Waals surface area contributed by atoms with E-state index < -0.39 is 15.4 Å². The van der Waals surface area contributed by atoms with Gasteiger partial charge in [-0.3, -0.25) is 0 Å². The van der Waals surface area contributed by atoms with E-state index in [0.29, 0.717) is 5.69 Å². The second-order valence-electron chi connectivity index (χ2n) is 7.68. The van der Waals surface area contributed by atoms with E-state index in [9.17, 15) is 8.42 Å². The average Bonchev–Trinajstić information content (AvgIpc) is 3.09. The molecule has 0 radical (unpaired) electrons. The van der Waals surface area contributed by atoms with Crippen molar-refractivity contribution in [3.8, 4) is 5.69 Å². The van der Waals surface area contributed by atoms with Crippen molar-refractivity contribution in [3.63, 3.8) is 0 Å². The van der Waals surface area contributed by atoms with Crippen molar-refractivity contribution in [2.75, 3.05) is 0 Å². The summed E-state index contributed by atoms with van der Waals surface area (Å²) in [6, 6.07) is 17.3. The molecule has 0 spiro atoms. The summed E-state index contributed by atoms with van der Waals surface area (Å²) in [6.45, 7) is 8.13. The molecule has 0 bridgehead atoms. The summed E-state index contributed by atoms with van der Waals surface area (Å²) in [6.07, 6.45) is 1.59. The number of nitrogens with one attached hydrogen (secondary N) is 1. The normalized spacial score (nSPS) is 12.3. The van der Waals surface area contributed by atoms with Gasteiger partial charge in [0.25, 0.3) is 0 Å². The molecule has 0 saturated carbocycles. The summed E-state index contributed by atoms with van der Waals surface area (Å²) in [5, 5.41) is 4.58. The zero-order valence-corrected chi connectivity index (χ0v) is 16.9. The van der Waals surface area contributed by atoms with Gasteiger partial charge in [0.2, 0.25) is 10.0 Å². The first kappa shape index (κ1) is 19.3. The molecule has 3 aromatic rings. The Hall–Kier alpha value is -2.44. The SMILES string of the molecule is Cc1ccc(CNS(=O)(=O)c2cn(-c3ccccc3)nc2C(C)(C)C)cc1. The van der Waals surface area contributed by atoms with E-state index in [1.165, 1.54) is 0 Å². The number of hydrogen-bond acceptors (Lipinski definition) is 3. The lowest BCUT2D eigenvalue weighted by molar-refractivity contribution is 0.539. The van der Waals surface area contributed by atoms with E-state index in [0.717, 1.165) is 16.8 Å². The Balaban J connectivity index is 1.95. The van der Waals surface area contributed by atoms with E-state index in [1.54, 1.807) is 10.9 Å². The number of aromatic nitrogens is 2. The van der Waals surface area contributed by atoms with E-state index in [-0.39, 0.29) is 11.4 Å². The highest BCUT2D eigenvalue weighted by atomic mass is 32.2. The highest BCUT2D eigenvalue weighted by Gasteiger charge is 2.30. The largest absolute Gasteiger partial charge is 0.244 e. The predicted molar refractivity (Wildman–Crippen MR) is 107 cm³/mol. The quantitative estimate of drug-likeness (QED) is 0.725. The maximum atomic E-state index is 13.0. The molecule has 0 saturated heterocycles. The zero-order valence-electron chi connectivity index (χ0n) is 16.1. The van der Waals surface area contributed by atoms with Crippen LogP contribution in [-0.4, -0.2) is 18.2 Å². The lowest BCUT2D eigenvalue weighted by Crippen LogP contribution is -2.26. The van der Waals surface area contributed by atoms with Crippen LogP contribution in [0.3, 0.4) is 0 Å². The molecule has 0 aliphatic heterocycles. The molecule has 27 heavy (non-hydrogen) atoms. The monoisotopic (exact) mass is 383 g/mol. The van der Waals surface area contributed by atoms with Crippen molar-refractivity contribution in [1.29, 1.82) is 0 Å². The Bertz CT molecular complexity index is 1020. The number of hydrogen-bond donors (Lipinski definition) is 1. The molecule has 1 heterocycles. The third-order valence-corrected chi connectivity index (χ3v) is 5.69. The predicted octanol–water partition coefficient (Wildman–Crippen LogP) is 3.96. The lowest BCUT2D eigenvalue weighted by Gasteiger charge is -2.17. The minimum absolute atomic E-state index is 0.214. The van der Waals surface area contributed by atoms with Crippen LogP contribution in [0.1, 0.15) is 37.6 Å². The maximum Gasteiger partial charge on any atom is 0.244 e. The number of rotatable bonds is 5. The summed E-state index contributed by atoms with van der Waals surface area (Å²) >= 11 is 0. The van der Waals surface area contributed by atoms with Crippen LogP contribution in [0.15, 0.2) is 65.7 Å². The van der Waals surface area contributed by atoms with Crippen LogP contribution in [0.4, 0.5) is 0 Å². The molecule has 1 aromatic heterocycles. The molecule has 0 fully saturated rings. The van der Waals surface area contributed by atoms with E-state index in [2.05, 4.69) is 9.82 Å². The smallest absolute Gasteiger partial charge is 0.239 e. The average molecular weight is 384 g/mol. The summed E-state index contributed by atoms with van der Waals surface area (Å²) in [5.74, 6) is 0. The summed E-state index contributed by atoms with van der Waals surface area (Å²) in [5.41, 5.74) is 3.01. The van der Waals surface area contributed by atoms with Crippen LogP contribution < -0.4 is 4.72 Å². The third kappa shape index (κ3) is 4.46. The molecule has 1 N–H and O–H groups in total. The molecule has 6 heteroatoms. The van der Waals surface area contributed by atoms with Gasteiger partial charge in [0.05, 0.1) is 17.6 Å². The fourth-order valence-electron chi connectivity index (χ4n) is 2.75. The minimum Gasteiger partial charge on any atom is -0.239 e. The Kier molecular flexibility index (Phi) is 5.22. The highest BCUT2D eigenvalue weighted by molar-refractivity contribution is 7.89. The Morgan fingerprint density at radius 1 is 1.00 bits per heavy atom. The first-order valence-corrected chi connectivity index (χ1v) is 10.4. The number of sulfonamides is 1. The summed E-state index contributed by atoms with van der Waals surface area (Å²) in [7, 11) is -3.70. The third-order valence-electron chi connectivity index (χ3n) is 4.29. The van der Waals surface area contributed by atoms with Gasteiger partial charge >= 0.3 is 0 Å². The van der Waals surface area contributed by atoms with Crippen molar-refractivity contribution in [2.45, 2.75) is 44.6 Å². The van der Waals surface area contributed by atoms with Crippen molar-refractivity contribution < 1.29 is 8.42 Å². The number of para-hydroxylation sites is 1. The molecule has 3 rings (SSSR count). The Morgan fingerprint density at radius 3 is 2.22 bits per heavy atom. The van der Waals surface area contributed by atoms with Crippen molar-refractivity contribution >= 4 is 10.0 Å². The van der Waals surface area contributed by atoms with Crippen molar-refractivity contribution in [1.82, 2.24) is 14.5 Å². The zero-order chi connectivity index (χ0) is 19.7. The van der Waals surface area contributed by atoms with Gasteiger partial charge in [-0.15, -0.1) is 0 Å². The van der Waals surface area contributed by atoms with Crippen LogP contribution >= 0.6 is 0 Å². The molecular formula is C21H25N3O2S. The second-order valence-corrected chi connectivity index (χ2v) is 9.42. The van der Waals surface area contributed by atoms with Gasteiger partial charge < -0.3 is 0 Å². The summed E-state index contributed by atoms with van der Waals surface area (Å²) < 4.78 is 30.4. The molecule has 0 amide bonds. The second kappa shape index (κ2) is 7.29. The number of benzene rings is 2. The minimum atomic E-state index is -3.70. The molecule has 0 unspecified atom stereocenters. The number of nitrogens with zero attached hydrogens (tertiary/aromatic N) is 2. The van der Waals surface area contributed by atoms with Gasteiger partial charge in [0, 0.05) is 12.0 Å². The fourth-order valence-corrected chi connectivity index (χ4v) is 4.10. The fraction of sp³-hybridized carbons (Fsp3) is 0.286. The summed E-state index contributed by atoms with van der Waals surface area (Å²) in [4.78, 5) is 0.214. The molecule has 0 atom stereocenters. The van der Waals surface area contributed by atoms with Crippen LogP contribution in [0.2, 0.25) is 0 Å². The lowest BCUT2D eigenvalue weighted by atomic mass is 9.92. The number of aryl methyl sites for hydroxylation is 1. The van der Waals surface area contributed by atoms with Crippen LogP contribution in [-0.2, 0) is 22.0 Å². The first-order valence-electron chi connectivity index (χ1n) is 8.87. The van der Waals surface area contributed by atoms with Crippen molar-refractivity contribution in [2.24, 2.45) is 0 Å². The van der Waals surface area contributed by atoms with E-state index in [1.807, 2.05) is 82.3 Å². The van der Waals surface area contributed by atoms with Gasteiger partial charge in [-0.05, 0) is 24.6 Å². The molecule has 0 aliphatic rings.